The number of ether oxygens (including phenoxy) is 1. The van der Waals surface area contributed by atoms with Crippen molar-refractivity contribution in [3.05, 3.63) is 58.4 Å². The van der Waals surface area contributed by atoms with Gasteiger partial charge in [0.2, 0.25) is 0 Å². The topological polar surface area (TPSA) is 77.4 Å². The van der Waals surface area contributed by atoms with Gasteiger partial charge in [-0.1, -0.05) is 19.9 Å². The number of benzene rings is 1. The molecule has 1 saturated carbocycles. The lowest BCUT2D eigenvalue weighted by molar-refractivity contribution is 0.156. The molecule has 29 heavy (non-hydrogen) atoms. The first kappa shape index (κ1) is 21.2. The predicted molar refractivity (Wildman–Crippen MR) is 117 cm³/mol. The zero-order chi connectivity index (χ0) is 21.0. The molecule has 0 radical (unpaired) electrons. The number of aryl methyl sites for hydroxylation is 2. The van der Waals surface area contributed by atoms with E-state index in [1.54, 1.807) is 36.0 Å². The number of pyridine rings is 1. The third-order valence-electron chi connectivity index (χ3n) is 5.25. The monoisotopic (exact) mass is 416 g/mol. The third-order valence-corrected chi connectivity index (χ3v) is 6.21. The van der Waals surface area contributed by atoms with E-state index in [0.29, 0.717) is 23.4 Å². The summed E-state index contributed by atoms with van der Waals surface area (Å²) in [7, 11) is -1.90. The largest absolute Gasteiger partial charge is 0.490 e. The molecule has 2 aromatic rings. The second kappa shape index (κ2) is 8.86. The van der Waals surface area contributed by atoms with Crippen LogP contribution >= 0.6 is 0 Å². The molecule has 0 spiro atoms. The molecular formula is C22H28N2O4S. The second-order valence-electron chi connectivity index (χ2n) is 7.43. The van der Waals surface area contributed by atoms with Gasteiger partial charge in [0.25, 0.3) is 15.6 Å². The van der Waals surface area contributed by atoms with Gasteiger partial charge in [-0.3, -0.25) is 9.52 Å². The fourth-order valence-electron chi connectivity index (χ4n) is 3.67. The Morgan fingerprint density at radius 2 is 1.97 bits per heavy atom. The van der Waals surface area contributed by atoms with E-state index >= 15 is 0 Å². The first-order valence-electron chi connectivity index (χ1n) is 9.99. The van der Waals surface area contributed by atoms with Gasteiger partial charge in [0.15, 0.2) is 0 Å². The van der Waals surface area contributed by atoms with Crippen LogP contribution in [0.2, 0.25) is 0 Å². The third kappa shape index (κ3) is 5.09. The molecule has 1 aromatic heterocycles. The van der Waals surface area contributed by atoms with Gasteiger partial charge >= 0.3 is 0 Å². The molecule has 1 N–H and O–H groups in total. The number of nitrogens with zero attached hydrogens (tertiary/aromatic N) is 1. The molecule has 0 unspecified atom stereocenters. The first-order chi connectivity index (χ1) is 13.8. The number of nitrogens with one attached hydrogen (secondary N) is 1. The smallest absolute Gasteiger partial charge is 0.254 e. The van der Waals surface area contributed by atoms with Crippen molar-refractivity contribution >= 4 is 15.7 Å². The highest BCUT2D eigenvalue weighted by Gasteiger charge is 2.19. The number of sulfonamides is 1. The maximum absolute atomic E-state index is 12.3. The van der Waals surface area contributed by atoms with Gasteiger partial charge in [0.1, 0.15) is 5.75 Å². The average molecular weight is 417 g/mol. The summed E-state index contributed by atoms with van der Waals surface area (Å²) in [5.41, 5.74) is 2.66. The molecular weight excluding hydrogens is 388 g/mol. The Morgan fingerprint density at radius 3 is 2.62 bits per heavy atom. The van der Waals surface area contributed by atoms with Crippen LogP contribution in [0.1, 0.15) is 44.6 Å². The Balaban J connectivity index is 2.08. The van der Waals surface area contributed by atoms with Gasteiger partial charge in [-0.2, -0.15) is 0 Å². The standard InChI is InChI=1S/C22H28N2O4S/c1-4-16-13-17(15-24(3)22(16)25)20-14-18(23-29(26,27)5-2)11-12-21(20)28-19-9-7-6-8-10-19/h5,11-15,19,23H,2,4,6-10H2,1,3H3. The highest BCUT2D eigenvalue weighted by molar-refractivity contribution is 7.95. The molecule has 1 aliphatic carbocycles. The molecule has 6 nitrogen and oxygen atoms in total. The van der Waals surface area contributed by atoms with Crippen molar-refractivity contribution in [3.8, 4) is 16.9 Å². The van der Waals surface area contributed by atoms with E-state index in [0.717, 1.165) is 42.2 Å². The second-order valence-corrected chi connectivity index (χ2v) is 9.05. The molecule has 1 heterocycles. The summed E-state index contributed by atoms with van der Waals surface area (Å²) in [5.74, 6) is 0.694. The molecule has 1 aromatic carbocycles. The molecule has 0 bridgehead atoms. The summed E-state index contributed by atoms with van der Waals surface area (Å²) in [5, 5.41) is 0.876. The number of rotatable bonds is 7. The minimum atomic E-state index is -3.62. The summed E-state index contributed by atoms with van der Waals surface area (Å²) >= 11 is 0. The Morgan fingerprint density at radius 1 is 1.24 bits per heavy atom. The summed E-state index contributed by atoms with van der Waals surface area (Å²) in [6.07, 6.45) is 8.08. The van der Waals surface area contributed by atoms with E-state index in [1.165, 1.54) is 6.42 Å². The first-order valence-corrected chi connectivity index (χ1v) is 11.5. The van der Waals surface area contributed by atoms with Crippen LogP contribution in [0.5, 0.6) is 5.75 Å². The van der Waals surface area contributed by atoms with Gasteiger partial charge in [-0.05, 0) is 56.4 Å². The molecule has 0 atom stereocenters. The molecule has 1 aliphatic rings. The fraction of sp³-hybridized carbons (Fsp3) is 0.409. The Hall–Kier alpha value is -2.54. The van der Waals surface area contributed by atoms with E-state index in [-0.39, 0.29) is 11.7 Å². The number of anilines is 1. The fourth-order valence-corrected chi connectivity index (χ4v) is 4.21. The minimum Gasteiger partial charge on any atom is -0.490 e. The van der Waals surface area contributed by atoms with E-state index in [1.807, 2.05) is 13.0 Å². The number of hydrogen-bond acceptors (Lipinski definition) is 4. The molecule has 0 aliphatic heterocycles. The zero-order valence-corrected chi connectivity index (χ0v) is 17.8. The van der Waals surface area contributed by atoms with Crippen LogP contribution in [0, 0.1) is 0 Å². The van der Waals surface area contributed by atoms with Crippen LogP contribution in [0.15, 0.2) is 47.2 Å². The molecule has 3 rings (SSSR count). The summed E-state index contributed by atoms with van der Waals surface area (Å²) in [4.78, 5) is 12.3. The quantitative estimate of drug-likeness (QED) is 0.733. The van der Waals surface area contributed by atoms with Crippen molar-refractivity contribution in [3.63, 3.8) is 0 Å². The van der Waals surface area contributed by atoms with Crippen molar-refractivity contribution in [2.75, 3.05) is 4.72 Å². The van der Waals surface area contributed by atoms with Crippen LogP contribution in [-0.4, -0.2) is 19.1 Å². The van der Waals surface area contributed by atoms with Gasteiger partial charge in [0.05, 0.1) is 6.10 Å². The lowest BCUT2D eigenvalue weighted by atomic mass is 9.97. The van der Waals surface area contributed by atoms with Crippen LogP contribution in [0.25, 0.3) is 11.1 Å². The minimum absolute atomic E-state index is 0.0329. The van der Waals surface area contributed by atoms with Crippen molar-refractivity contribution in [1.29, 1.82) is 0 Å². The SMILES string of the molecule is C=CS(=O)(=O)Nc1ccc(OC2CCCCC2)c(-c2cc(CC)c(=O)n(C)c2)c1. The van der Waals surface area contributed by atoms with Crippen molar-refractivity contribution in [2.24, 2.45) is 7.05 Å². The number of aromatic nitrogens is 1. The van der Waals surface area contributed by atoms with Gasteiger partial charge < -0.3 is 9.30 Å². The predicted octanol–water partition coefficient (Wildman–Crippen LogP) is 4.21. The van der Waals surface area contributed by atoms with Crippen LogP contribution in [-0.2, 0) is 23.5 Å². The lowest BCUT2D eigenvalue weighted by Crippen LogP contribution is -2.21. The lowest BCUT2D eigenvalue weighted by Gasteiger charge is -2.25. The van der Waals surface area contributed by atoms with E-state index < -0.39 is 10.0 Å². The maximum atomic E-state index is 12.3. The van der Waals surface area contributed by atoms with Crippen LogP contribution < -0.4 is 15.0 Å². The van der Waals surface area contributed by atoms with Gasteiger partial charge in [-0.25, -0.2) is 8.42 Å². The van der Waals surface area contributed by atoms with Crippen molar-refractivity contribution < 1.29 is 13.2 Å². The van der Waals surface area contributed by atoms with E-state index in [9.17, 15) is 13.2 Å². The Kier molecular flexibility index (Phi) is 6.47. The van der Waals surface area contributed by atoms with Gasteiger partial charge in [-0.15, -0.1) is 0 Å². The molecule has 1 fully saturated rings. The van der Waals surface area contributed by atoms with Crippen molar-refractivity contribution in [2.45, 2.75) is 51.6 Å². The molecule has 0 amide bonds. The Labute approximate surface area is 172 Å². The van der Waals surface area contributed by atoms with Crippen LogP contribution in [0.4, 0.5) is 5.69 Å². The Bertz CT molecular complexity index is 1050. The summed E-state index contributed by atoms with van der Waals surface area (Å²) in [6.45, 7) is 5.27. The van der Waals surface area contributed by atoms with Crippen molar-refractivity contribution in [1.82, 2.24) is 4.57 Å². The zero-order valence-electron chi connectivity index (χ0n) is 17.0. The summed E-state index contributed by atoms with van der Waals surface area (Å²) < 4.78 is 34.2. The molecule has 0 saturated heterocycles. The number of hydrogen-bond donors (Lipinski definition) is 1. The molecule has 7 heteroatoms. The normalized spacial score (nSPS) is 15.1. The van der Waals surface area contributed by atoms with E-state index in [4.69, 9.17) is 4.74 Å². The highest BCUT2D eigenvalue weighted by Crippen LogP contribution is 2.35. The highest BCUT2D eigenvalue weighted by atomic mass is 32.2. The van der Waals surface area contributed by atoms with Crippen LogP contribution in [0.3, 0.4) is 0 Å². The molecule has 156 valence electrons. The summed E-state index contributed by atoms with van der Waals surface area (Å²) in [6, 6.07) is 7.09. The van der Waals surface area contributed by atoms with E-state index in [2.05, 4.69) is 11.3 Å². The van der Waals surface area contributed by atoms with Gasteiger partial charge in [0, 0.05) is 41.0 Å². The maximum Gasteiger partial charge on any atom is 0.254 e. The average Bonchev–Trinajstić information content (AvgIpc) is 2.71.